The smallest absolute Gasteiger partial charge is 0.417 e. The molecule has 1 atom stereocenters. The predicted octanol–water partition coefficient (Wildman–Crippen LogP) is 2.73. The van der Waals surface area contributed by atoms with Gasteiger partial charge in [0.05, 0.1) is 13.0 Å². The number of carbonyl (C=O) groups is 1. The Balaban J connectivity index is 2.63. The number of hydrogen-bond acceptors (Lipinski definition) is 3. The number of benzene rings is 1. The van der Waals surface area contributed by atoms with Crippen LogP contribution in [-0.2, 0) is 4.79 Å². The third-order valence-corrected chi connectivity index (χ3v) is 2.56. The summed E-state index contributed by atoms with van der Waals surface area (Å²) in [5, 5.41) is 11.5. The minimum Gasteiger partial charge on any atom is -0.494 e. The molecule has 0 aliphatic heterocycles. The number of aliphatic hydroxyl groups is 1. The molecule has 0 aliphatic rings. The Morgan fingerprint density at radius 2 is 1.85 bits per heavy atom. The van der Waals surface area contributed by atoms with Gasteiger partial charge < -0.3 is 15.2 Å². The van der Waals surface area contributed by atoms with Crippen molar-refractivity contribution in [1.82, 2.24) is 0 Å². The Bertz CT molecular complexity index is 455. The summed E-state index contributed by atoms with van der Waals surface area (Å²) in [5.41, 5.74) is -2.72. The van der Waals surface area contributed by atoms with Crippen LogP contribution in [0, 0.1) is 0 Å². The minimum atomic E-state index is -4.86. The van der Waals surface area contributed by atoms with E-state index >= 15 is 0 Å². The predicted molar refractivity (Wildman–Crippen MR) is 67.5 cm³/mol. The molecule has 0 unspecified atom stereocenters. The zero-order chi connectivity index (χ0) is 15.4. The number of ether oxygens (including phenoxy) is 1. The van der Waals surface area contributed by atoms with Gasteiger partial charge in [0.1, 0.15) is 5.75 Å². The second-order valence-corrected chi connectivity index (χ2v) is 4.45. The van der Waals surface area contributed by atoms with E-state index in [9.17, 15) is 23.1 Å². The average Bonchev–Trinajstić information content (AvgIpc) is 2.29. The van der Waals surface area contributed by atoms with E-state index in [1.165, 1.54) is 12.1 Å². The molecule has 1 aromatic carbocycles. The van der Waals surface area contributed by atoms with Crippen molar-refractivity contribution in [3.63, 3.8) is 0 Å². The average molecular weight is 291 g/mol. The van der Waals surface area contributed by atoms with Crippen molar-refractivity contribution in [2.24, 2.45) is 0 Å². The van der Waals surface area contributed by atoms with Crippen LogP contribution in [0.4, 0.5) is 18.9 Å². The summed E-state index contributed by atoms with van der Waals surface area (Å²) in [6.07, 6.45) is -5.92. The first-order valence-electron chi connectivity index (χ1n) is 5.97. The number of amides is 1. The van der Waals surface area contributed by atoms with Gasteiger partial charge in [-0.15, -0.1) is 0 Å². The van der Waals surface area contributed by atoms with Gasteiger partial charge >= 0.3 is 6.18 Å². The van der Waals surface area contributed by atoms with Gasteiger partial charge in [-0.2, -0.15) is 13.2 Å². The van der Waals surface area contributed by atoms with E-state index in [4.69, 9.17) is 4.74 Å². The van der Waals surface area contributed by atoms with Gasteiger partial charge in [-0.25, -0.2) is 0 Å². The molecule has 0 saturated heterocycles. The van der Waals surface area contributed by atoms with Crippen LogP contribution >= 0.6 is 0 Å². The molecule has 20 heavy (non-hydrogen) atoms. The van der Waals surface area contributed by atoms with E-state index < -0.39 is 24.1 Å². The van der Waals surface area contributed by atoms with Gasteiger partial charge in [0.15, 0.2) is 5.60 Å². The molecule has 0 spiro atoms. The second kappa shape index (κ2) is 6.13. The van der Waals surface area contributed by atoms with Crippen molar-refractivity contribution in [2.45, 2.75) is 32.0 Å². The van der Waals surface area contributed by atoms with Crippen molar-refractivity contribution in [2.75, 3.05) is 11.9 Å². The maximum absolute atomic E-state index is 12.4. The van der Waals surface area contributed by atoms with Crippen molar-refractivity contribution >= 4 is 11.6 Å². The molecule has 0 bridgehead atoms. The summed E-state index contributed by atoms with van der Waals surface area (Å²) in [4.78, 5) is 11.5. The summed E-state index contributed by atoms with van der Waals surface area (Å²) in [5.74, 6) is -0.329. The molecule has 1 rings (SSSR count). The molecule has 0 fully saturated rings. The number of hydrogen-bond donors (Lipinski definition) is 2. The van der Waals surface area contributed by atoms with E-state index in [0.717, 1.165) is 0 Å². The van der Waals surface area contributed by atoms with Gasteiger partial charge in [0.2, 0.25) is 5.91 Å². The van der Waals surface area contributed by atoms with E-state index in [0.29, 0.717) is 25.0 Å². The van der Waals surface area contributed by atoms with Gasteiger partial charge in [0.25, 0.3) is 0 Å². The SMILES string of the molecule is CCOc1ccc(NC(=O)C[C@@](C)(O)C(F)(F)F)cc1. The second-order valence-electron chi connectivity index (χ2n) is 4.45. The van der Waals surface area contributed by atoms with Crippen LogP contribution in [0.3, 0.4) is 0 Å². The summed E-state index contributed by atoms with van der Waals surface area (Å²) in [7, 11) is 0. The summed E-state index contributed by atoms with van der Waals surface area (Å²) < 4.78 is 42.5. The van der Waals surface area contributed by atoms with E-state index in [1.807, 2.05) is 6.92 Å². The molecule has 1 aromatic rings. The maximum atomic E-state index is 12.4. The lowest BCUT2D eigenvalue weighted by atomic mass is 10.0. The first-order valence-corrected chi connectivity index (χ1v) is 5.97. The molecular formula is C13H16F3NO3. The molecular weight excluding hydrogens is 275 g/mol. The first kappa shape index (κ1) is 16.3. The van der Waals surface area contributed by atoms with Crippen LogP contribution < -0.4 is 10.1 Å². The molecule has 1 amide bonds. The van der Waals surface area contributed by atoms with Crippen LogP contribution in [0.5, 0.6) is 5.75 Å². The van der Waals surface area contributed by atoms with Crippen LogP contribution in [0.2, 0.25) is 0 Å². The van der Waals surface area contributed by atoms with Crippen molar-refractivity contribution in [1.29, 1.82) is 0 Å². The minimum absolute atomic E-state index is 0.330. The third kappa shape index (κ3) is 4.41. The Hall–Kier alpha value is -1.76. The van der Waals surface area contributed by atoms with Crippen LogP contribution in [-0.4, -0.2) is 29.4 Å². The number of alkyl halides is 3. The van der Waals surface area contributed by atoms with E-state index in [2.05, 4.69) is 5.32 Å². The van der Waals surface area contributed by atoms with Crippen molar-refractivity contribution in [3.05, 3.63) is 24.3 Å². The fourth-order valence-corrected chi connectivity index (χ4v) is 1.42. The zero-order valence-electron chi connectivity index (χ0n) is 11.1. The highest BCUT2D eigenvalue weighted by Gasteiger charge is 2.50. The topological polar surface area (TPSA) is 58.6 Å². The maximum Gasteiger partial charge on any atom is 0.417 e. The fourth-order valence-electron chi connectivity index (χ4n) is 1.42. The lowest BCUT2D eigenvalue weighted by Crippen LogP contribution is -2.44. The van der Waals surface area contributed by atoms with Crippen LogP contribution in [0.15, 0.2) is 24.3 Å². The van der Waals surface area contributed by atoms with Gasteiger partial charge in [-0.1, -0.05) is 0 Å². The highest BCUT2D eigenvalue weighted by molar-refractivity contribution is 5.91. The first-order chi connectivity index (χ1) is 9.15. The van der Waals surface area contributed by atoms with Gasteiger partial charge in [-0.3, -0.25) is 4.79 Å². The lowest BCUT2D eigenvalue weighted by molar-refractivity contribution is -0.252. The van der Waals surface area contributed by atoms with Crippen LogP contribution in [0.1, 0.15) is 20.3 Å². The van der Waals surface area contributed by atoms with Crippen molar-refractivity contribution in [3.8, 4) is 5.75 Å². The number of carbonyl (C=O) groups excluding carboxylic acids is 1. The molecule has 0 aromatic heterocycles. The highest BCUT2D eigenvalue weighted by Crippen LogP contribution is 2.32. The number of nitrogens with one attached hydrogen (secondary N) is 1. The number of anilines is 1. The monoisotopic (exact) mass is 291 g/mol. The van der Waals surface area contributed by atoms with Crippen LogP contribution in [0.25, 0.3) is 0 Å². The van der Waals surface area contributed by atoms with E-state index in [1.54, 1.807) is 12.1 Å². The standard InChI is InChI=1S/C13H16F3NO3/c1-3-20-10-6-4-9(5-7-10)17-11(18)8-12(2,19)13(14,15)16/h4-7,19H,3,8H2,1-2H3,(H,17,18)/t12-/m1/s1. The summed E-state index contributed by atoms with van der Waals surface area (Å²) in [6, 6.07) is 6.18. The zero-order valence-corrected chi connectivity index (χ0v) is 11.1. The molecule has 0 aliphatic carbocycles. The molecule has 0 radical (unpaired) electrons. The number of halogens is 3. The fraction of sp³-hybridized carbons (Fsp3) is 0.462. The Morgan fingerprint density at radius 3 is 2.30 bits per heavy atom. The summed E-state index contributed by atoms with van der Waals surface area (Å²) >= 11 is 0. The highest BCUT2D eigenvalue weighted by atomic mass is 19.4. The Morgan fingerprint density at radius 1 is 1.30 bits per heavy atom. The number of rotatable bonds is 5. The lowest BCUT2D eigenvalue weighted by Gasteiger charge is -2.25. The molecule has 2 N–H and O–H groups in total. The van der Waals surface area contributed by atoms with E-state index in [-0.39, 0.29) is 0 Å². The Kier molecular flexibility index (Phi) is 4.99. The van der Waals surface area contributed by atoms with Gasteiger partial charge in [0, 0.05) is 5.69 Å². The van der Waals surface area contributed by atoms with Crippen molar-refractivity contribution < 1.29 is 27.8 Å². The van der Waals surface area contributed by atoms with Gasteiger partial charge in [-0.05, 0) is 38.1 Å². The largest absolute Gasteiger partial charge is 0.494 e. The summed E-state index contributed by atoms with van der Waals surface area (Å²) in [6.45, 7) is 2.86. The molecule has 112 valence electrons. The normalized spacial score (nSPS) is 14.5. The Labute approximate surface area is 114 Å². The third-order valence-electron chi connectivity index (χ3n) is 2.56. The molecule has 0 heterocycles. The molecule has 0 saturated carbocycles. The quantitative estimate of drug-likeness (QED) is 0.877. The molecule has 7 heteroatoms. The molecule has 4 nitrogen and oxygen atoms in total.